The summed E-state index contributed by atoms with van der Waals surface area (Å²) in [4.78, 5) is 40.9. The van der Waals surface area contributed by atoms with Crippen molar-refractivity contribution in [2.24, 2.45) is 17.8 Å². The van der Waals surface area contributed by atoms with Crippen LogP contribution < -0.4 is 0 Å². The molecule has 0 N–H and O–H groups in total. The second-order valence-electron chi connectivity index (χ2n) is 24.6. The van der Waals surface area contributed by atoms with Crippen molar-refractivity contribution < 1.29 is 38.1 Å². The van der Waals surface area contributed by atoms with Gasteiger partial charge in [0, 0.05) is 45.3 Å². The van der Waals surface area contributed by atoms with E-state index in [-0.39, 0.29) is 23.9 Å². The Labute approximate surface area is 513 Å². The van der Waals surface area contributed by atoms with E-state index in [0.29, 0.717) is 46.1 Å². The molecule has 82 heavy (non-hydrogen) atoms. The third-order valence-corrected chi connectivity index (χ3v) is 17.9. The average Bonchev–Trinajstić information content (AvgIpc) is 3.47. The molecule has 0 saturated carbocycles. The minimum Gasteiger partial charge on any atom is -0.468 e. The van der Waals surface area contributed by atoms with Crippen molar-refractivity contribution in [2.45, 2.75) is 317 Å². The Balaban J connectivity index is 0.00000353. The number of thioether (sulfide) groups is 1. The number of piperidine rings is 1. The normalized spacial score (nSPS) is 13.4. The molecule has 1 aliphatic rings. The maximum absolute atomic E-state index is 14.2. The Morgan fingerprint density at radius 3 is 1.54 bits per heavy atom. The van der Waals surface area contributed by atoms with Crippen LogP contribution in [0.15, 0.2) is 12.2 Å². The second-order valence-corrected chi connectivity index (χ2v) is 25.8. The largest absolute Gasteiger partial charge is 0.468 e. The van der Waals surface area contributed by atoms with Crippen LogP contribution >= 0.6 is 11.8 Å². The first-order valence-corrected chi connectivity index (χ1v) is 36.6. The summed E-state index contributed by atoms with van der Waals surface area (Å²) in [6, 6.07) is 0. The number of hydrogen-bond donors (Lipinski definition) is 0. The molecule has 10 nitrogen and oxygen atoms in total. The van der Waals surface area contributed by atoms with Crippen molar-refractivity contribution in [3.05, 3.63) is 12.2 Å². The van der Waals surface area contributed by atoms with Crippen molar-refractivity contribution in [2.75, 3.05) is 91.0 Å². The minimum atomic E-state index is -0.384. The standard InChI is InChI=1S/C57H110N2O6S.C14H28O2/c1-7-11-15-17-18-25-40-59(43-49-63-46-27-20-26-44-62-45-28-21-30-48-65-57(61)54-38-41-58(6)42-39-54)56(60)55(51-66-50-31-16-12-8-2)64-47-29-19-24-33-52(5)34-32-37-53(35-22-13-9-3)36-23-14-10-4;1-3-5-7-9-14(10-8-6-4-2)11-12-16-13-15/h53-55H,5,7-51H2,1-4,6H3;13-14H,3-12H2,1-2H3. The maximum Gasteiger partial charge on any atom is 0.309 e. The van der Waals surface area contributed by atoms with Gasteiger partial charge in [0.25, 0.3) is 12.4 Å². The Kier molecular flexibility index (Phi) is 62.5. The molecule has 11 heteroatoms. The number of hydrogen-bond acceptors (Lipinski definition) is 10. The van der Waals surface area contributed by atoms with E-state index in [1.165, 1.54) is 185 Å². The number of likely N-dealkylation sites (tertiary alicyclic amines) is 1. The Hall–Kier alpha value is -1.66. The number of unbranched alkanes of at least 4 members (excludes halogenated alkanes) is 22. The lowest BCUT2D eigenvalue weighted by Crippen LogP contribution is -2.44. The van der Waals surface area contributed by atoms with Gasteiger partial charge in [-0.1, -0.05) is 221 Å². The van der Waals surface area contributed by atoms with Gasteiger partial charge in [0.05, 0.1) is 25.7 Å². The Morgan fingerprint density at radius 1 is 0.512 bits per heavy atom. The smallest absolute Gasteiger partial charge is 0.309 e. The zero-order valence-electron chi connectivity index (χ0n) is 55.6. The fraction of sp³-hybridized carbons (Fsp3) is 0.930. The summed E-state index contributed by atoms with van der Waals surface area (Å²) in [6.07, 6.45) is 50.6. The predicted molar refractivity (Wildman–Crippen MR) is 353 cm³/mol. The molecular formula is C71H138N2O8S. The monoisotopic (exact) mass is 1180 g/mol. The summed E-state index contributed by atoms with van der Waals surface area (Å²) in [7, 11) is 2.11. The number of carbonyl (C=O) groups excluding carboxylic acids is 3. The van der Waals surface area contributed by atoms with E-state index < -0.39 is 0 Å². The molecule has 1 unspecified atom stereocenters. The van der Waals surface area contributed by atoms with Gasteiger partial charge in [-0.05, 0) is 140 Å². The van der Waals surface area contributed by atoms with E-state index in [0.717, 1.165) is 146 Å². The molecule has 1 saturated heterocycles. The van der Waals surface area contributed by atoms with E-state index in [4.69, 9.17) is 23.7 Å². The van der Waals surface area contributed by atoms with Crippen LogP contribution in [0.3, 0.4) is 0 Å². The van der Waals surface area contributed by atoms with Gasteiger partial charge in [-0.25, -0.2) is 0 Å². The zero-order chi connectivity index (χ0) is 60.0. The van der Waals surface area contributed by atoms with Crippen LogP contribution in [0.2, 0.25) is 0 Å². The fourth-order valence-electron chi connectivity index (χ4n) is 11.1. The number of nitrogens with zero attached hydrogens (tertiary/aromatic N) is 2. The number of rotatable bonds is 62. The van der Waals surface area contributed by atoms with Gasteiger partial charge in [0.2, 0.25) is 0 Å². The van der Waals surface area contributed by atoms with E-state index in [1.54, 1.807) is 0 Å². The van der Waals surface area contributed by atoms with Crippen molar-refractivity contribution >= 4 is 30.1 Å². The highest BCUT2D eigenvalue weighted by Crippen LogP contribution is 2.26. The Morgan fingerprint density at radius 2 is 0.963 bits per heavy atom. The van der Waals surface area contributed by atoms with Gasteiger partial charge >= 0.3 is 5.97 Å². The summed E-state index contributed by atoms with van der Waals surface area (Å²) in [6.45, 7) is 26.7. The highest BCUT2D eigenvalue weighted by molar-refractivity contribution is 7.99. The Bertz CT molecular complexity index is 1350. The molecule has 0 aliphatic carbocycles. The lowest BCUT2D eigenvalue weighted by Gasteiger charge is -2.28. The highest BCUT2D eigenvalue weighted by Gasteiger charge is 2.26. The topological polar surface area (TPSA) is 104 Å². The second kappa shape index (κ2) is 63.8. The first-order chi connectivity index (χ1) is 40.2. The van der Waals surface area contributed by atoms with E-state index in [2.05, 4.69) is 65.0 Å². The number of allylic oxidation sites excluding steroid dienone is 1. The van der Waals surface area contributed by atoms with Crippen LogP contribution in [0.25, 0.3) is 0 Å². The van der Waals surface area contributed by atoms with Crippen LogP contribution in [0.4, 0.5) is 0 Å². The summed E-state index contributed by atoms with van der Waals surface area (Å²) >= 11 is 1.90. The minimum absolute atomic E-state index is 0.00698. The summed E-state index contributed by atoms with van der Waals surface area (Å²) in [5, 5.41) is 0. The number of carbonyl (C=O) groups is 3. The van der Waals surface area contributed by atoms with Gasteiger partial charge < -0.3 is 33.5 Å². The molecule has 0 bridgehead atoms. The average molecular weight is 1180 g/mol. The quantitative estimate of drug-likeness (QED) is 0.0253. The summed E-state index contributed by atoms with van der Waals surface area (Å²) < 4.78 is 28.8. The van der Waals surface area contributed by atoms with Crippen molar-refractivity contribution in [1.29, 1.82) is 0 Å². The first-order valence-electron chi connectivity index (χ1n) is 35.4. The number of amides is 1. The summed E-state index contributed by atoms with van der Waals surface area (Å²) in [5.41, 5.74) is 1.42. The molecule has 0 aromatic heterocycles. The van der Waals surface area contributed by atoms with E-state index >= 15 is 0 Å². The van der Waals surface area contributed by atoms with Gasteiger partial charge in [-0.2, -0.15) is 11.8 Å². The SMILES string of the molecule is C=C(CCCCCOC(CSCCCCCC)C(=O)N(CCCCCCCC)CCOCCCCCOCCCCCOC(=O)C1CCN(C)CC1)CCCC(CCCCC)CCCCC.CCCCCC(CCCCC)CCOC=O. The molecular weight excluding hydrogens is 1040 g/mol. The fourth-order valence-corrected chi connectivity index (χ4v) is 12.2. The highest BCUT2D eigenvalue weighted by atomic mass is 32.2. The van der Waals surface area contributed by atoms with Crippen LogP contribution in [0, 0.1) is 17.8 Å². The molecule has 0 aromatic rings. The molecule has 1 heterocycles. The lowest BCUT2D eigenvalue weighted by molar-refractivity contribution is -0.150. The molecule has 0 aromatic carbocycles. The van der Waals surface area contributed by atoms with E-state index in [1.807, 2.05) is 11.8 Å². The number of esters is 1. The number of ether oxygens (including phenoxy) is 5. The molecule has 0 spiro atoms. The molecule has 0 radical (unpaired) electrons. The van der Waals surface area contributed by atoms with Crippen molar-refractivity contribution in [1.82, 2.24) is 9.80 Å². The van der Waals surface area contributed by atoms with E-state index in [9.17, 15) is 14.4 Å². The first kappa shape index (κ1) is 80.3. The van der Waals surface area contributed by atoms with Gasteiger partial charge in [-0.3, -0.25) is 14.4 Å². The molecule has 1 aliphatic heterocycles. The zero-order valence-corrected chi connectivity index (χ0v) is 56.4. The molecule has 486 valence electrons. The van der Waals surface area contributed by atoms with Gasteiger partial charge in [-0.15, -0.1) is 0 Å². The van der Waals surface area contributed by atoms with Crippen LogP contribution in [-0.4, -0.2) is 125 Å². The van der Waals surface area contributed by atoms with Crippen LogP contribution in [-0.2, 0) is 38.1 Å². The van der Waals surface area contributed by atoms with Crippen molar-refractivity contribution in [3.8, 4) is 0 Å². The van der Waals surface area contributed by atoms with Crippen LogP contribution in [0.1, 0.15) is 311 Å². The summed E-state index contributed by atoms with van der Waals surface area (Å²) in [5.74, 6) is 3.74. The lowest BCUT2D eigenvalue weighted by atomic mass is 9.89. The van der Waals surface area contributed by atoms with Crippen molar-refractivity contribution in [3.63, 3.8) is 0 Å². The molecule has 1 rings (SSSR count). The molecule has 1 atom stereocenters. The molecule has 1 amide bonds. The van der Waals surface area contributed by atoms with Gasteiger partial charge in [0.1, 0.15) is 6.10 Å². The third-order valence-electron chi connectivity index (χ3n) is 16.8. The molecule has 1 fully saturated rings. The maximum atomic E-state index is 14.2. The third kappa shape index (κ3) is 52.7. The van der Waals surface area contributed by atoms with Gasteiger partial charge in [0.15, 0.2) is 0 Å². The predicted octanol–water partition coefficient (Wildman–Crippen LogP) is 19.5. The van der Waals surface area contributed by atoms with Crippen LogP contribution in [0.5, 0.6) is 0 Å².